The van der Waals surface area contributed by atoms with E-state index in [2.05, 4.69) is 11.8 Å². The number of hydrogen-bond donors (Lipinski definition) is 1. The maximum Gasteiger partial charge on any atom is 0.0664 e. The molecule has 0 aromatic heterocycles. The van der Waals surface area contributed by atoms with Gasteiger partial charge in [0.25, 0.3) is 0 Å². The van der Waals surface area contributed by atoms with E-state index in [1.165, 1.54) is 38.6 Å². The lowest BCUT2D eigenvalue weighted by molar-refractivity contribution is 0.0152. The number of nitrogens with zero attached hydrogens (tertiary/aromatic N) is 1. The molecule has 2 aliphatic rings. The monoisotopic (exact) mass is 183 g/mol. The molecular formula is C11H21NO. The molecule has 76 valence electrons. The maximum absolute atomic E-state index is 9.63. The van der Waals surface area contributed by atoms with Crippen LogP contribution in [0, 0.1) is 0 Å². The predicted molar refractivity (Wildman–Crippen MR) is 53.7 cm³/mol. The van der Waals surface area contributed by atoms with Crippen molar-refractivity contribution in [2.45, 2.75) is 57.1 Å². The minimum absolute atomic E-state index is 0.101. The second kappa shape index (κ2) is 3.58. The van der Waals surface area contributed by atoms with Gasteiger partial charge in [0.15, 0.2) is 0 Å². The van der Waals surface area contributed by atoms with Crippen LogP contribution in [-0.2, 0) is 0 Å². The van der Waals surface area contributed by atoms with E-state index >= 15 is 0 Å². The molecule has 2 rings (SSSR count). The first-order valence-electron chi connectivity index (χ1n) is 5.70. The Morgan fingerprint density at radius 3 is 2.54 bits per heavy atom. The molecule has 0 radical (unpaired) electrons. The van der Waals surface area contributed by atoms with Crippen molar-refractivity contribution in [2.24, 2.45) is 0 Å². The lowest BCUT2D eigenvalue weighted by atomic mass is 9.75. The Balaban J connectivity index is 1.90. The Morgan fingerprint density at radius 1 is 1.31 bits per heavy atom. The van der Waals surface area contributed by atoms with Gasteiger partial charge in [-0.05, 0) is 45.1 Å². The van der Waals surface area contributed by atoms with Crippen LogP contribution in [0.25, 0.3) is 0 Å². The predicted octanol–water partition coefficient (Wildman–Crippen LogP) is 1.78. The third-order valence-electron chi connectivity index (χ3n) is 3.93. The summed E-state index contributed by atoms with van der Waals surface area (Å²) < 4.78 is 0. The van der Waals surface area contributed by atoms with Gasteiger partial charge in [0.05, 0.1) is 6.10 Å². The highest BCUT2D eigenvalue weighted by atomic mass is 16.3. The summed E-state index contributed by atoms with van der Waals surface area (Å²) in [5, 5.41) is 9.63. The van der Waals surface area contributed by atoms with Crippen molar-refractivity contribution >= 4 is 0 Å². The van der Waals surface area contributed by atoms with Crippen LogP contribution < -0.4 is 0 Å². The van der Waals surface area contributed by atoms with Crippen molar-refractivity contribution in [2.75, 3.05) is 13.1 Å². The van der Waals surface area contributed by atoms with Crippen LogP contribution in [0.15, 0.2) is 0 Å². The minimum Gasteiger partial charge on any atom is -0.392 e. The molecule has 1 heterocycles. The van der Waals surface area contributed by atoms with Gasteiger partial charge in [-0.1, -0.05) is 6.92 Å². The van der Waals surface area contributed by atoms with Gasteiger partial charge in [-0.25, -0.2) is 0 Å². The SMILES string of the molecule is CC[C@H](O)CN1CCCC12CCC2. The fourth-order valence-corrected chi connectivity index (χ4v) is 2.81. The Hall–Kier alpha value is -0.0800. The van der Waals surface area contributed by atoms with Crippen LogP contribution in [-0.4, -0.2) is 34.7 Å². The molecule has 0 aromatic rings. The molecule has 0 aromatic carbocycles. The van der Waals surface area contributed by atoms with Crippen molar-refractivity contribution in [3.63, 3.8) is 0 Å². The molecule has 1 saturated carbocycles. The zero-order valence-electron chi connectivity index (χ0n) is 8.63. The fraction of sp³-hybridized carbons (Fsp3) is 1.00. The summed E-state index contributed by atoms with van der Waals surface area (Å²) in [7, 11) is 0. The standard InChI is InChI=1S/C11H21NO/c1-2-10(13)9-12-8-4-7-11(12)5-3-6-11/h10,13H,2-9H2,1H3/t10-/m0/s1. The molecule has 1 spiro atoms. The Kier molecular flexibility index (Phi) is 2.61. The van der Waals surface area contributed by atoms with E-state index in [0.717, 1.165) is 13.0 Å². The normalized spacial score (nSPS) is 29.1. The first-order valence-corrected chi connectivity index (χ1v) is 5.70. The van der Waals surface area contributed by atoms with Crippen molar-refractivity contribution in [3.8, 4) is 0 Å². The fourth-order valence-electron chi connectivity index (χ4n) is 2.81. The number of hydrogen-bond acceptors (Lipinski definition) is 2. The summed E-state index contributed by atoms with van der Waals surface area (Å²) in [6.45, 7) is 4.20. The van der Waals surface area contributed by atoms with Gasteiger partial charge in [0, 0.05) is 12.1 Å². The van der Waals surface area contributed by atoms with Gasteiger partial charge < -0.3 is 5.11 Å². The van der Waals surface area contributed by atoms with E-state index in [4.69, 9.17) is 0 Å². The van der Waals surface area contributed by atoms with Gasteiger partial charge >= 0.3 is 0 Å². The number of rotatable bonds is 3. The van der Waals surface area contributed by atoms with Gasteiger partial charge in [-0.3, -0.25) is 4.90 Å². The lowest BCUT2D eigenvalue weighted by Crippen LogP contribution is -2.51. The lowest BCUT2D eigenvalue weighted by Gasteiger charge is -2.46. The smallest absolute Gasteiger partial charge is 0.0664 e. The van der Waals surface area contributed by atoms with Crippen LogP contribution >= 0.6 is 0 Å². The third-order valence-corrected chi connectivity index (χ3v) is 3.93. The van der Waals surface area contributed by atoms with E-state index in [1.54, 1.807) is 0 Å². The molecule has 1 N–H and O–H groups in total. The van der Waals surface area contributed by atoms with Crippen LogP contribution in [0.4, 0.5) is 0 Å². The highest BCUT2D eigenvalue weighted by Crippen LogP contribution is 2.45. The summed E-state index contributed by atoms with van der Waals surface area (Å²) in [5.41, 5.74) is 0.538. The van der Waals surface area contributed by atoms with E-state index in [9.17, 15) is 5.11 Å². The molecule has 2 heteroatoms. The molecule has 0 amide bonds. The van der Waals surface area contributed by atoms with Crippen LogP contribution in [0.5, 0.6) is 0 Å². The van der Waals surface area contributed by atoms with E-state index in [-0.39, 0.29) is 6.10 Å². The Labute approximate surface area is 80.9 Å². The van der Waals surface area contributed by atoms with Gasteiger partial charge in [-0.2, -0.15) is 0 Å². The maximum atomic E-state index is 9.63. The zero-order valence-corrected chi connectivity index (χ0v) is 8.63. The molecule has 1 aliphatic heterocycles. The van der Waals surface area contributed by atoms with Gasteiger partial charge in [0.1, 0.15) is 0 Å². The number of likely N-dealkylation sites (tertiary alicyclic amines) is 1. The van der Waals surface area contributed by atoms with Crippen molar-refractivity contribution in [3.05, 3.63) is 0 Å². The Bertz CT molecular complexity index is 177. The number of β-amino-alcohol motifs (C(OH)–C–C–N with tert-alkyl or cyclic N) is 1. The van der Waals surface area contributed by atoms with Crippen LogP contribution in [0.2, 0.25) is 0 Å². The molecule has 2 nitrogen and oxygen atoms in total. The van der Waals surface area contributed by atoms with Gasteiger partial charge in [-0.15, -0.1) is 0 Å². The summed E-state index contributed by atoms with van der Waals surface area (Å²) in [6.07, 6.45) is 7.67. The molecule has 13 heavy (non-hydrogen) atoms. The summed E-state index contributed by atoms with van der Waals surface area (Å²) in [6, 6.07) is 0. The average molecular weight is 183 g/mol. The number of aliphatic hydroxyl groups is 1. The third kappa shape index (κ3) is 1.62. The van der Waals surface area contributed by atoms with Gasteiger partial charge in [0.2, 0.25) is 0 Å². The van der Waals surface area contributed by atoms with E-state index < -0.39 is 0 Å². The first-order chi connectivity index (χ1) is 6.27. The van der Waals surface area contributed by atoms with Crippen molar-refractivity contribution in [1.82, 2.24) is 4.90 Å². The summed E-state index contributed by atoms with van der Waals surface area (Å²) in [4.78, 5) is 2.55. The second-order valence-corrected chi connectivity index (χ2v) is 4.69. The first kappa shape index (κ1) is 9.47. The van der Waals surface area contributed by atoms with E-state index in [1.807, 2.05) is 0 Å². The molecule has 0 unspecified atom stereocenters. The summed E-state index contributed by atoms with van der Waals surface area (Å²) >= 11 is 0. The highest BCUT2D eigenvalue weighted by Gasteiger charge is 2.45. The average Bonchev–Trinajstić information content (AvgIpc) is 2.47. The van der Waals surface area contributed by atoms with E-state index in [0.29, 0.717) is 5.54 Å². The Morgan fingerprint density at radius 2 is 2.00 bits per heavy atom. The number of aliphatic hydroxyl groups excluding tert-OH is 1. The minimum atomic E-state index is -0.101. The van der Waals surface area contributed by atoms with Crippen molar-refractivity contribution < 1.29 is 5.11 Å². The molecule has 1 saturated heterocycles. The summed E-state index contributed by atoms with van der Waals surface area (Å²) in [5.74, 6) is 0. The molecule has 2 fully saturated rings. The van der Waals surface area contributed by atoms with Crippen LogP contribution in [0.3, 0.4) is 0 Å². The quantitative estimate of drug-likeness (QED) is 0.721. The highest BCUT2D eigenvalue weighted by molar-refractivity contribution is 5.02. The largest absolute Gasteiger partial charge is 0.392 e. The molecule has 0 bridgehead atoms. The van der Waals surface area contributed by atoms with Crippen molar-refractivity contribution in [1.29, 1.82) is 0 Å². The molecular weight excluding hydrogens is 162 g/mol. The van der Waals surface area contributed by atoms with Crippen LogP contribution in [0.1, 0.15) is 45.4 Å². The topological polar surface area (TPSA) is 23.5 Å². The molecule has 1 atom stereocenters. The second-order valence-electron chi connectivity index (χ2n) is 4.69. The zero-order chi connectivity index (χ0) is 9.31. The molecule has 1 aliphatic carbocycles.